The van der Waals surface area contributed by atoms with Crippen molar-refractivity contribution >= 4 is 16.9 Å². The van der Waals surface area contributed by atoms with Crippen molar-refractivity contribution in [3.05, 3.63) is 66.0 Å². The molecule has 2 N–H and O–H groups in total. The molecule has 0 saturated carbocycles. The molecule has 0 spiro atoms. The topological polar surface area (TPSA) is 59.0 Å². The molecule has 0 aliphatic carbocycles. The van der Waals surface area contributed by atoms with Crippen molar-refractivity contribution in [2.24, 2.45) is 0 Å². The van der Waals surface area contributed by atoms with Crippen molar-refractivity contribution in [2.75, 3.05) is 6.54 Å². The molecule has 2 heterocycles. The summed E-state index contributed by atoms with van der Waals surface area (Å²) in [6.45, 7) is 2.31. The number of hydrogen-bond donors (Lipinski definition) is 2. The summed E-state index contributed by atoms with van der Waals surface area (Å²) < 4.78 is 2.15. The zero-order chi connectivity index (χ0) is 17.1. The summed E-state index contributed by atoms with van der Waals surface area (Å²) in [6, 6.07) is 16.5. The van der Waals surface area contributed by atoms with Crippen LogP contribution in [-0.4, -0.2) is 28.0 Å². The lowest BCUT2D eigenvalue weighted by atomic mass is 10.1. The highest BCUT2D eigenvalue weighted by Crippen LogP contribution is 2.14. The van der Waals surface area contributed by atoms with E-state index in [1.165, 1.54) is 5.56 Å². The highest BCUT2D eigenvalue weighted by molar-refractivity contribution is 5.82. The van der Waals surface area contributed by atoms with Gasteiger partial charge in [-0.2, -0.15) is 0 Å². The van der Waals surface area contributed by atoms with Crippen molar-refractivity contribution in [1.29, 1.82) is 0 Å². The molecular weight excluding hydrogens is 312 g/mol. The van der Waals surface area contributed by atoms with Crippen LogP contribution in [0.25, 0.3) is 11.0 Å². The van der Waals surface area contributed by atoms with Gasteiger partial charge in [0.05, 0.1) is 23.4 Å². The molecule has 1 saturated heterocycles. The minimum atomic E-state index is -0.0196. The van der Waals surface area contributed by atoms with Crippen molar-refractivity contribution in [3.63, 3.8) is 0 Å². The van der Waals surface area contributed by atoms with E-state index >= 15 is 0 Å². The highest BCUT2D eigenvalue weighted by atomic mass is 16.2. The zero-order valence-electron chi connectivity index (χ0n) is 14.1. The Kier molecular flexibility index (Phi) is 4.48. The van der Waals surface area contributed by atoms with E-state index in [0.717, 1.165) is 42.5 Å². The Hall–Kier alpha value is -2.66. The summed E-state index contributed by atoms with van der Waals surface area (Å²) in [6.07, 6.45) is 3.90. The fraction of sp³-hybridized carbons (Fsp3) is 0.300. The fourth-order valence-electron chi connectivity index (χ4n) is 3.32. The van der Waals surface area contributed by atoms with Gasteiger partial charge in [-0.3, -0.25) is 4.79 Å². The molecule has 25 heavy (non-hydrogen) atoms. The number of para-hydroxylation sites is 2. The lowest BCUT2D eigenvalue weighted by molar-refractivity contribution is -0.122. The predicted octanol–water partition coefficient (Wildman–Crippen LogP) is 2.45. The van der Waals surface area contributed by atoms with E-state index in [9.17, 15) is 4.79 Å². The predicted molar refractivity (Wildman–Crippen MR) is 98.1 cm³/mol. The second kappa shape index (κ2) is 7.07. The van der Waals surface area contributed by atoms with Gasteiger partial charge >= 0.3 is 0 Å². The molecule has 0 bridgehead atoms. The van der Waals surface area contributed by atoms with E-state index < -0.39 is 0 Å². The maximum Gasteiger partial charge on any atom is 0.237 e. The minimum Gasteiger partial charge on any atom is -0.351 e. The number of imidazole rings is 1. The van der Waals surface area contributed by atoms with E-state index in [1.54, 1.807) is 0 Å². The van der Waals surface area contributed by atoms with Crippen LogP contribution < -0.4 is 10.6 Å². The Bertz CT molecular complexity index is 863. The van der Waals surface area contributed by atoms with Crippen LogP contribution in [0.3, 0.4) is 0 Å². The lowest BCUT2D eigenvalue weighted by Crippen LogP contribution is -2.39. The number of hydrogen-bond acceptors (Lipinski definition) is 3. The van der Waals surface area contributed by atoms with E-state index in [0.29, 0.717) is 6.54 Å². The summed E-state index contributed by atoms with van der Waals surface area (Å²) in [5, 5.41) is 6.23. The molecule has 1 fully saturated rings. The molecule has 4 rings (SSSR count). The van der Waals surface area contributed by atoms with Crippen molar-refractivity contribution in [2.45, 2.75) is 32.0 Å². The third kappa shape index (κ3) is 3.56. The van der Waals surface area contributed by atoms with Crippen LogP contribution in [0.5, 0.6) is 0 Å². The Morgan fingerprint density at radius 3 is 2.76 bits per heavy atom. The Labute approximate surface area is 147 Å². The van der Waals surface area contributed by atoms with E-state index in [4.69, 9.17) is 0 Å². The number of amides is 1. The van der Waals surface area contributed by atoms with Crippen molar-refractivity contribution in [3.8, 4) is 0 Å². The summed E-state index contributed by atoms with van der Waals surface area (Å²) in [7, 11) is 0. The number of carbonyl (C=O) groups excluding carboxylic acids is 1. The number of nitrogens with zero attached hydrogens (tertiary/aromatic N) is 2. The first-order valence-corrected chi connectivity index (χ1v) is 8.78. The van der Waals surface area contributed by atoms with Gasteiger partial charge in [0.2, 0.25) is 5.91 Å². The number of nitrogens with one attached hydrogen (secondary N) is 2. The van der Waals surface area contributed by atoms with Gasteiger partial charge in [0.15, 0.2) is 0 Å². The standard InChI is InChI=1S/C20H22N4O/c25-20(18-5-3-11-21-18)22-12-15-7-9-16(10-8-15)13-24-14-23-17-4-1-2-6-19(17)24/h1-2,4,6-10,14,18,21H,3,5,11-13H2,(H,22,25)/t18-/m0/s1. The Morgan fingerprint density at radius 1 is 1.16 bits per heavy atom. The zero-order valence-corrected chi connectivity index (χ0v) is 14.1. The maximum absolute atomic E-state index is 12.0. The van der Waals surface area contributed by atoms with Crippen LogP contribution in [0.1, 0.15) is 24.0 Å². The Balaban J connectivity index is 1.37. The van der Waals surface area contributed by atoms with Gasteiger partial charge in [-0.25, -0.2) is 4.98 Å². The largest absolute Gasteiger partial charge is 0.351 e. The molecule has 1 amide bonds. The van der Waals surface area contributed by atoms with Gasteiger partial charge in [-0.05, 0) is 42.6 Å². The number of carbonyl (C=O) groups is 1. The van der Waals surface area contributed by atoms with Gasteiger partial charge in [-0.15, -0.1) is 0 Å². The molecule has 1 atom stereocenters. The van der Waals surface area contributed by atoms with Gasteiger partial charge in [0, 0.05) is 13.1 Å². The molecular formula is C20H22N4O. The first kappa shape index (κ1) is 15.8. The molecule has 3 aromatic rings. The normalized spacial score (nSPS) is 17.0. The lowest BCUT2D eigenvalue weighted by Gasteiger charge is -2.11. The number of benzene rings is 2. The van der Waals surface area contributed by atoms with Gasteiger partial charge in [0.25, 0.3) is 0 Å². The van der Waals surface area contributed by atoms with Gasteiger partial charge in [0.1, 0.15) is 0 Å². The average molecular weight is 334 g/mol. The highest BCUT2D eigenvalue weighted by Gasteiger charge is 2.21. The Morgan fingerprint density at radius 2 is 1.96 bits per heavy atom. The summed E-state index contributed by atoms with van der Waals surface area (Å²) in [4.78, 5) is 16.5. The smallest absolute Gasteiger partial charge is 0.237 e. The number of rotatable bonds is 5. The molecule has 1 aliphatic rings. The van der Waals surface area contributed by atoms with Crippen LogP contribution in [0, 0.1) is 0 Å². The molecule has 128 valence electrons. The first-order chi connectivity index (χ1) is 12.3. The second-order valence-electron chi connectivity index (χ2n) is 6.54. The van der Waals surface area contributed by atoms with Crippen LogP contribution >= 0.6 is 0 Å². The molecule has 2 aromatic carbocycles. The quantitative estimate of drug-likeness (QED) is 0.753. The van der Waals surface area contributed by atoms with Crippen molar-refractivity contribution < 1.29 is 4.79 Å². The molecule has 1 aromatic heterocycles. The summed E-state index contributed by atoms with van der Waals surface area (Å²) >= 11 is 0. The van der Waals surface area contributed by atoms with E-state index in [2.05, 4.69) is 50.5 Å². The first-order valence-electron chi connectivity index (χ1n) is 8.78. The molecule has 1 aliphatic heterocycles. The van der Waals surface area contributed by atoms with Crippen LogP contribution in [0.4, 0.5) is 0 Å². The van der Waals surface area contributed by atoms with Crippen LogP contribution in [0.15, 0.2) is 54.9 Å². The molecule has 5 heteroatoms. The third-order valence-electron chi connectivity index (χ3n) is 4.75. The minimum absolute atomic E-state index is 0.0196. The van der Waals surface area contributed by atoms with Crippen LogP contribution in [0.2, 0.25) is 0 Å². The molecule has 0 radical (unpaired) electrons. The number of aromatic nitrogens is 2. The monoisotopic (exact) mass is 334 g/mol. The van der Waals surface area contributed by atoms with Crippen LogP contribution in [-0.2, 0) is 17.9 Å². The second-order valence-corrected chi connectivity index (χ2v) is 6.54. The van der Waals surface area contributed by atoms with E-state index in [-0.39, 0.29) is 11.9 Å². The third-order valence-corrected chi connectivity index (χ3v) is 4.75. The molecule has 0 unspecified atom stereocenters. The molecule has 5 nitrogen and oxygen atoms in total. The summed E-state index contributed by atoms with van der Waals surface area (Å²) in [5.74, 6) is 0.103. The summed E-state index contributed by atoms with van der Waals surface area (Å²) in [5.41, 5.74) is 4.49. The maximum atomic E-state index is 12.0. The average Bonchev–Trinajstić information content (AvgIpc) is 3.32. The fourth-order valence-corrected chi connectivity index (χ4v) is 3.32. The van der Waals surface area contributed by atoms with E-state index in [1.807, 2.05) is 24.5 Å². The van der Waals surface area contributed by atoms with Gasteiger partial charge < -0.3 is 15.2 Å². The van der Waals surface area contributed by atoms with Gasteiger partial charge in [-0.1, -0.05) is 36.4 Å². The SMILES string of the molecule is O=C(NCc1ccc(Cn2cnc3ccccc32)cc1)[C@@H]1CCCN1. The van der Waals surface area contributed by atoms with Crippen molar-refractivity contribution in [1.82, 2.24) is 20.2 Å². The number of fused-ring (bicyclic) bond motifs is 1.